The second kappa shape index (κ2) is 11.1. The van der Waals surface area contributed by atoms with Crippen LogP contribution in [-0.4, -0.2) is 38.7 Å². The van der Waals surface area contributed by atoms with E-state index in [-0.39, 0.29) is 0 Å². The lowest BCUT2D eigenvalue weighted by Gasteiger charge is -2.14. The van der Waals surface area contributed by atoms with Crippen molar-refractivity contribution in [2.75, 3.05) is 33.8 Å². The number of nitrogens with zero attached hydrogens (tertiary/aromatic N) is 1. The number of nitrogens with one attached hydrogen (secondary N) is 1. The molecule has 0 radical (unpaired) electrons. The van der Waals surface area contributed by atoms with E-state index in [4.69, 9.17) is 21.1 Å². The molecule has 0 saturated carbocycles. The first-order chi connectivity index (χ1) is 12.6. The van der Waals surface area contributed by atoms with E-state index in [1.165, 1.54) is 5.56 Å². The Bertz CT molecular complexity index is 677. The number of ether oxygens (including phenoxy) is 2. The van der Waals surface area contributed by atoms with Crippen LogP contribution in [0, 0.1) is 0 Å². The van der Waals surface area contributed by atoms with E-state index in [9.17, 15) is 0 Å². The second-order valence-corrected chi connectivity index (χ2v) is 6.90. The minimum atomic E-state index is 0.461. The molecule has 0 aliphatic heterocycles. The van der Waals surface area contributed by atoms with Gasteiger partial charge in [-0.05, 0) is 75.9 Å². The van der Waals surface area contributed by atoms with Gasteiger partial charge in [0, 0.05) is 11.6 Å². The summed E-state index contributed by atoms with van der Waals surface area (Å²) >= 11 is 6.03. The Morgan fingerprint density at radius 1 is 1.00 bits per heavy atom. The van der Waals surface area contributed by atoms with E-state index >= 15 is 0 Å². The highest BCUT2D eigenvalue weighted by molar-refractivity contribution is 6.30. The Hall–Kier alpha value is -1.75. The van der Waals surface area contributed by atoms with Crippen LogP contribution in [0.25, 0.3) is 0 Å². The average Bonchev–Trinajstić information content (AvgIpc) is 2.61. The molecule has 5 heteroatoms. The summed E-state index contributed by atoms with van der Waals surface area (Å²) in [6.07, 6.45) is 1.13. The van der Waals surface area contributed by atoms with E-state index in [1.807, 2.05) is 37.3 Å². The van der Waals surface area contributed by atoms with Gasteiger partial charge in [-0.3, -0.25) is 0 Å². The summed E-state index contributed by atoms with van der Waals surface area (Å²) in [5.74, 6) is 1.53. The van der Waals surface area contributed by atoms with Gasteiger partial charge in [0.05, 0.1) is 6.61 Å². The molecule has 0 aliphatic rings. The molecule has 0 amide bonds. The molecule has 0 heterocycles. The van der Waals surface area contributed by atoms with E-state index < -0.39 is 0 Å². The lowest BCUT2D eigenvalue weighted by atomic mass is 10.2. The third kappa shape index (κ3) is 7.24. The van der Waals surface area contributed by atoms with Crippen molar-refractivity contribution >= 4 is 11.6 Å². The van der Waals surface area contributed by atoms with Gasteiger partial charge in [0.15, 0.2) is 11.5 Å². The normalized spacial score (nSPS) is 11.0. The van der Waals surface area contributed by atoms with E-state index in [0.29, 0.717) is 18.2 Å². The van der Waals surface area contributed by atoms with Crippen LogP contribution in [0.15, 0.2) is 42.5 Å². The first kappa shape index (κ1) is 20.6. The molecule has 26 heavy (non-hydrogen) atoms. The number of halogens is 1. The van der Waals surface area contributed by atoms with Crippen molar-refractivity contribution < 1.29 is 9.47 Å². The molecule has 2 aromatic rings. The first-order valence-electron chi connectivity index (χ1n) is 9.07. The molecule has 0 aromatic heterocycles. The maximum Gasteiger partial charge on any atom is 0.161 e. The minimum absolute atomic E-state index is 0.461. The number of hydrogen-bond acceptors (Lipinski definition) is 4. The summed E-state index contributed by atoms with van der Waals surface area (Å²) in [5.41, 5.74) is 2.22. The van der Waals surface area contributed by atoms with Crippen molar-refractivity contribution in [3.05, 3.63) is 58.6 Å². The molecule has 1 N–H and O–H groups in total. The molecular formula is C21H29ClN2O2. The summed E-state index contributed by atoms with van der Waals surface area (Å²) in [4.78, 5) is 2.20. The van der Waals surface area contributed by atoms with Crippen LogP contribution >= 0.6 is 11.6 Å². The summed E-state index contributed by atoms with van der Waals surface area (Å²) in [6, 6.07) is 13.8. The molecule has 0 bridgehead atoms. The SMILES string of the molecule is CCOc1cc(CNCCCN(C)C)ccc1OCc1cccc(Cl)c1. The fraction of sp³-hybridized carbons (Fsp3) is 0.429. The summed E-state index contributed by atoms with van der Waals surface area (Å²) in [7, 11) is 4.19. The van der Waals surface area contributed by atoms with Gasteiger partial charge >= 0.3 is 0 Å². The summed E-state index contributed by atoms with van der Waals surface area (Å²) in [5, 5.41) is 4.19. The van der Waals surface area contributed by atoms with Gasteiger partial charge in [-0.15, -0.1) is 0 Å². The second-order valence-electron chi connectivity index (χ2n) is 6.47. The van der Waals surface area contributed by atoms with Crippen LogP contribution in [0.3, 0.4) is 0 Å². The Kier molecular flexibility index (Phi) is 8.75. The highest BCUT2D eigenvalue weighted by Crippen LogP contribution is 2.29. The van der Waals surface area contributed by atoms with E-state index in [0.717, 1.165) is 43.1 Å². The van der Waals surface area contributed by atoms with Gasteiger partial charge in [0.1, 0.15) is 6.61 Å². The molecule has 0 unspecified atom stereocenters. The largest absolute Gasteiger partial charge is 0.490 e. The molecule has 0 aliphatic carbocycles. The van der Waals surface area contributed by atoms with Crippen LogP contribution in [0.5, 0.6) is 11.5 Å². The summed E-state index contributed by atoms with van der Waals surface area (Å²) in [6.45, 7) is 5.95. The van der Waals surface area contributed by atoms with E-state index in [1.54, 1.807) is 0 Å². The molecular weight excluding hydrogens is 348 g/mol. The Labute approximate surface area is 162 Å². The topological polar surface area (TPSA) is 33.7 Å². The standard InChI is InChI=1S/C21H29ClN2O2/c1-4-25-21-14-17(15-23-11-6-12-24(2)3)9-10-20(21)26-16-18-7-5-8-19(22)13-18/h5,7-10,13-14,23H,4,6,11-12,15-16H2,1-3H3. The predicted molar refractivity (Wildman–Crippen MR) is 108 cm³/mol. The molecule has 0 fully saturated rings. The predicted octanol–water partition coefficient (Wildman–Crippen LogP) is 4.36. The zero-order valence-corrected chi connectivity index (χ0v) is 16.7. The monoisotopic (exact) mass is 376 g/mol. The van der Waals surface area contributed by atoms with Crippen molar-refractivity contribution in [2.45, 2.75) is 26.5 Å². The lowest BCUT2D eigenvalue weighted by Crippen LogP contribution is -2.21. The average molecular weight is 377 g/mol. The quantitative estimate of drug-likeness (QED) is 0.591. The van der Waals surface area contributed by atoms with Crippen LogP contribution in [0.4, 0.5) is 0 Å². The maximum atomic E-state index is 6.03. The minimum Gasteiger partial charge on any atom is -0.490 e. The number of rotatable bonds is 11. The van der Waals surface area contributed by atoms with Crippen molar-refractivity contribution in [3.63, 3.8) is 0 Å². The Morgan fingerprint density at radius 2 is 1.85 bits per heavy atom. The van der Waals surface area contributed by atoms with Crippen molar-refractivity contribution in [1.29, 1.82) is 0 Å². The molecule has 0 saturated heterocycles. The van der Waals surface area contributed by atoms with E-state index in [2.05, 4.69) is 36.4 Å². The Morgan fingerprint density at radius 3 is 2.58 bits per heavy atom. The van der Waals surface area contributed by atoms with Crippen LogP contribution in [0.1, 0.15) is 24.5 Å². The zero-order chi connectivity index (χ0) is 18.8. The van der Waals surface area contributed by atoms with Crippen molar-refractivity contribution in [2.24, 2.45) is 0 Å². The van der Waals surface area contributed by atoms with Crippen LogP contribution in [0.2, 0.25) is 5.02 Å². The highest BCUT2D eigenvalue weighted by atomic mass is 35.5. The number of hydrogen-bond donors (Lipinski definition) is 1. The zero-order valence-electron chi connectivity index (χ0n) is 15.9. The number of benzene rings is 2. The Balaban J connectivity index is 1.92. The van der Waals surface area contributed by atoms with Crippen LogP contribution in [-0.2, 0) is 13.2 Å². The highest BCUT2D eigenvalue weighted by Gasteiger charge is 2.07. The smallest absolute Gasteiger partial charge is 0.161 e. The fourth-order valence-corrected chi connectivity index (χ4v) is 2.80. The fourth-order valence-electron chi connectivity index (χ4n) is 2.59. The van der Waals surface area contributed by atoms with Gasteiger partial charge < -0.3 is 19.7 Å². The van der Waals surface area contributed by atoms with Gasteiger partial charge in [-0.1, -0.05) is 29.8 Å². The lowest BCUT2D eigenvalue weighted by molar-refractivity contribution is 0.269. The third-order valence-corrected chi connectivity index (χ3v) is 4.11. The first-order valence-corrected chi connectivity index (χ1v) is 9.44. The van der Waals surface area contributed by atoms with Gasteiger partial charge in [0.25, 0.3) is 0 Å². The van der Waals surface area contributed by atoms with Gasteiger partial charge in [0.2, 0.25) is 0 Å². The van der Waals surface area contributed by atoms with Crippen LogP contribution < -0.4 is 14.8 Å². The molecule has 2 aromatic carbocycles. The molecule has 0 spiro atoms. The van der Waals surface area contributed by atoms with Crippen molar-refractivity contribution in [3.8, 4) is 11.5 Å². The maximum absolute atomic E-state index is 6.03. The molecule has 4 nitrogen and oxygen atoms in total. The van der Waals surface area contributed by atoms with Crippen molar-refractivity contribution in [1.82, 2.24) is 10.2 Å². The molecule has 142 valence electrons. The van der Waals surface area contributed by atoms with Gasteiger partial charge in [-0.2, -0.15) is 0 Å². The summed E-state index contributed by atoms with van der Waals surface area (Å²) < 4.78 is 11.7. The third-order valence-electron chi connectivity index (χ3n) is 3.88. The van der Waals surface area contributed by atoms with Gasteiger partial charge in [-0.25, -0.2) is 0 Å². The molecule has 2 rings (SSSR count). The molecule has 0 atom stereocenters.